The van der Waals surface area contributed by atoms with E-state index < -0.39 is 11.7 Å². The number of carbonyl (C=O) groups excluding carboxylic acids is 1. The van der Waals surface area contributed by atoms with Gasteiger partial charge in [0.1, 0.15) is 5.75 Å². The predicted molar refractivity (Wildman–Crippen MR) is 76.6 cm³/mol. The van der Waals surface area contributed by atoms with Crippen LogP contribution in [0.3, 0.4) is 0 Å². The standard InChI is InChI=1S/C14H18F3NOS/c1-20(2)8-4-7-13(19)18-10-11-5-3-6-12(9-11)14(15,16)17/h3,5-6,9H,4,7-8,10H2,1-2H3/p+1. The third kappa shape index (κ3) is 6.32. The Morgan fingerprint density at radius 3 is 2.60 bits per heavy atom. The lowest BCUT2D eigenvalue weighted by molar-refractivity contribution is -0.137. The van der Waals surface area contributed by atoms with Crippen LogP contribution < -0.4 is 5.32 Å². The Labute approximate surface area is 120 Å². The van der Waals surface area contributed by atoms with Gasteiger partial charge in [0.05, 0.1) is 18.1 Å². The Morgan fingerprint density at radius 2 is 2.00 bits per heavy atom. The van der Waals surface area contributed by atoms with Crippen molar-refractivity contribution in [1.29, 1.82) is 0 Å². The first-order valence-corrected chi connectivity index (χ1v) is 8.47. The van der Waals surface area contributed by atoms with Gasteiger partial charge in [-0.15, -0.1) is 0 Å². The maximum absolute atomic E-state index is 12.5. The summed E-state index contributed by atoms with van der Waals surface area (Å²) in [7, 11) is 0.310. The van der Waals surface area contributed by atoms with Crippen LogP contribution in [-0.2, 0) is 28.4 Å². The first-order valence-electron chi connectivity index (χ1n) is 6.26. The third-order valence-corrected chi connectivity index (χ3v) is 3.81. The fourth-order valence-electron chi connectivity index (χ4n) is 1.67. The second-order valence-electron chi connectivity index (χ2n) is 4.77. The van der Waals surface area contributed by atoms with Gasteiger partial charge in [0.2, 0.25) is 5.91 Å². The van der Waals surface area contributed by atoms with Crippen molar-refractivity contribution in [3.05, 3.63) is 35.4 Å². The molecule has 0 saturated carbocycles. The summed E-state index contributed by atoms with van der Waals surface area (Å²) in [4.78, 5) is 11.5. The van der Waals surface area contributed by atoms with Gasteiger partial charge in [0.15, 0.2) is 0 Å². The summed E-state index contributed by atoms with van der Waals surface area (Å²) < 4.78 is 37.6. The summed E-state index contributed by atoms with van der Waals surface area (Å²) >= 11 is 0. The second-order valence-corrected chi connectivity index (χ2v) is 7.15. The van der Waals surface area contributed by atoms with Crippen LogP contribution in [0.5, 0.6) is 0 Å². The van der Waals surface area contributed by atoms with Crippen LogP contribution in [0.2, 0.25) is 0 Å². The molecule has 1 aromatic rings. The number of nitrogens with one attached hydrogen (secondary N) is 1. The predicted octanol–water partition coefficient (Wildman–Crippen LogP) is 2.98. The number of alkyl halides is 3. The third-order valence-electron chi connectivity index (χ3n) is 2.70. The van der Waals surface area contributed by atoms with E-state index in [0.29, 0.717) is 22.9 Å². The van der Waals surface area contributed by atoms with E-state index in [2.05, 4.69) is 17.8 Å². The summed E-state index contributed by atoms with van der Waals surface area (Å²) in [5.41, 5.74) is -0.232. The topological polar surface area (TPSA) is 29.1 Å². The van der Waals surface area contributed by atoms with Gasteiger partial charge in [0.25, 0.3) is 0 Å². The van der Waals surface area contributed by atoms with Gasteiger partial charge in [-0.2, -0.15) is 13.2 Å². The van der Waals surface area contributed by atoms with Gasteiger partial charge in [0, 0.05) is 19.4 Å². The van der Waals surface area contributed by atoms with Crippen molar-refractivity contribution >= 4 is 16.8 Å². The first-order chi connectivity index (χ1) is 9.29. The van der Waals surface area contributed by atoms with Gasteiger partial charge in [-0.25, -0.2) is 0 Å². The SMILES string of the molecule is C[S+](C)CCCC(=O)NCc1cccc(C(F)(F)F)c1. The molecule has 0 heterocycles. The first kappa shape index (κ1) is 16.9. The van der Waals surface area contributed by atoms with E-state index >= 15 is 0 Å². The molecule has 0 bridgehead atoms. The maximum atomic E-state index is 12.5. The Balaban J connectivity index is 2.44. The number of benzene rings is 1. The number of hydrogen-bond acceptors (Lipinski definition) is 1. The zero-order valence-corrected chi connectivity index (χ0v) is 12.4. The van der Waals surface area contributed by atoms with E-state index in [1.54, 1.807) is 6.07 Å². The number of halogens is 3. The fraction of sp³-hybridized carbons (Fsp3) is 0.500. The Bertz CT molecular complexity index is 446. The van der Waals surface area contributed by atoms with Crippen LogP contribution in [-0.4, -0.2) is 24.2 Å². The highest BCUT2D eigenvalue weighted by Crippen LogP contribution is 2.29. The summed E-state index contributed by atoms with van der Waals surface area (Å²) in [6, 6.07) is 5.01. The number of rotatable bonds is 6. The minimum atomic E-state index is -4.35. The highest BCUT2D eigenvalue weighted by Gasteiger charge is 2.30. The smallest absolute Gasteiger partial charge is 0.352 e. The monoisotopic (exact) mass is 306 g/mol. The molecule has 0 aromatic heterocycles. The van der Waals surface area contributed by atoms with Crippen molar-refractivity contribution in [2.45, 2.75) is 25.6 Å². The fourth-order valence-corrected chi connectivity index (χ4v) is 2.39. The molecule has 0 radical (unpaired) electrons. The Morgan fingerprint density at radius 1 is 1.30 bits per heavy atom. The van der Waals surface area contributed by atoms with E-state index in [-0.39, 0.29) is 12.5 Å². The van der Waals surface area contributed by atoms with Crippen LogP contribution in [0.15, 0.2) is 24.3 Å². The minimum absolute atomic E-state index is 0.118. The van der Waals surface area contributed by atoms with E-state index in [4.69, 9.17) is 0 Å². The van der Waals surface area contributed by atoms with E-state index in [1.165, 1.54) is 6.07 Å². The molecule has 1 rings (SSSR count). The second kappa shape index (κ2) is 7.57. The summed E-state index contributed by atoms with van der Waals surface area (Å²) in [6.07, 6.45) is 1.11. The highest BCUT2D eigenvalue weighted by molar-refractivity contribution is 7.95. The lowest BCUT2D eigenvalue weighted by atomic mass is 10.1. The van der Waals surface area contributed by atoms with Crippen molar-refractivity contribution < 1.29 is 18.0 Å². The summed E-state index contributed by atoms with van der Waals surface area (Å²) in [6.45, 7) is 0.132. The molecule has 0 aliphatic heterocycles. The molecule has 6 heteroatoms. The maximum Gasteiger partial charge on any atom is 0.416 e. The van der Waals surface area contributed by atoms with Crippen molar-refractivity contribution in [3.8, 4) is 0 Å². The molecule has 112 valence electrons. The van der Waals surface area contributed by atoms with E-state index in [0.717, 1.165) is 24.3 Å². The molecule has 0 unspecified atom stereocenters. The molecule has 20 heavy (non-hydrogen) atoms. The zero-order chi connectivity index (χ0) is 15.2. The molecular weight excluding hydrogens is 287 g/mol. The summed E-state index contributed by atoms with van der Waals surface area (Å²) in [5.74, 6) is 0.879. The van der Waals surface area contributed by atoms with Crippen molar-refractivity contribution in [2.75, 3.05) is 18.3 Å². The molecule has 1 N–H and O–H groups in total. The highest BCUT2D eigenvalue weighted by atomic mass is 32.2. The normalized spacial score (nSPS) is 11.7. The van der Waals surface area contributed by atoms with Crippen molar-refractivity contribution in [2.24, 2.45) is 0 Å². The van der Waals surface area contributed by atoms with Crippen LogP contribution in [0.1, 0.15) is 24.0 Å². The molecule has 0 saturated heterocycles. The van der Waals surface area contributed by atoms with Crippen molar-refractivity contribution in [1.82, 2.24) is 5.32 Å². The molecule has 0 aliphatic rings. The van der Waals surface area contributed by atoms with E-state index in [1.807, 2.05) is 0 Å². The van der Waals surface area contributed by atoms with Gasteiger partial charge in [-0.1, -0.05) is 12.1 Å². The molecule has 0 aliphatic carbocycles. The Kier molecular flexibility index (Phi) is 6.39. The van der Waals surface area contributed by atoms with Crippen LogP contribution in [0.25, 0.3) is 0 Å². The number of hydrogen-bond donors (Lipinski definition) is 1. The van der Waals surface area contributed by atoms with Gasteiger partial charge >= 0.3 is 6.18 Å². The molecule has 2 nitrogen and oxygen atoms in total. The van der Waals surface area contributed by atoms with Crippen LogP contribution in [0.4, 0.5) is 13.2 Å². The molecule has 0 fully saturated rings. The molecular formula is C14H19F3NOS+. The van der Waals surface area contributed by atoms with Gasteiger partial charge in [-0.3, -0.25) is 4.79 Å². The lowest BCUT2D eigenvalue weighted by Gasteiger charge is -2.09. The van der Waals surface area contributed by atoms with Crippen LogP contribution in [0, 0.1) is 0 Å². The quantitative estimate of drug-likeness (QED) is 0.804. The molecule has 0 atom stereocenters. The van der Waals surface area contributed by atoms with Gasteiger partial charge < -0.3 is 5.32 Å². The lowest BCUT2D eigenvalue weighted by Crippen LogP contribution is -2.23. The van der Waals surface area contributed by atoms with Gasteiger partial charge in [-0.05, 0) is 28.6 Å². The molecule has 0 spiro atoms. The molecule has 1 aromatic carbocycles. The van der Waals surface area contributed by atoms with Crippen molar-refractivity contribution in [3.63, 3.8) is 0 Å². The zero-order valence-electron chi connectivity index (χ0n) is 11.6. The average molecular weight is 306 g/mol. The average Bonchev–Trinajstić information content (AvgIpc) is 2.35. The number of amides is 1. The summed E-state index contributed by atoms with van der Waals surface area (Å²) in [5, 5.41) is 2.65. The Hall–Kier alpha value is -1.17. The molecule has 1 amide bonds. The minimum Gasteiger partial charge on any atom is -0.352 e. The van der Waals surface area contributed by atoms with E-state index in [9.17, 15) is 18.0 Å². The number of carbonyl (C=O) groups is 1. The largest absolute Gasteiger partial charge is 0.416 e. The van der Waals surface area contributed by atoms with Crippen LogP contribution >= 0.6 is 0 Å².